The molecule has 0 radical (unpaired) electrons. The van der Waals surface area contributed by atoms with Gasteiger partial charge >= 0.3 is 0 Å². The lowest BCUT2D eigenvalue weighted by atomic mass is 10.0. The second-order valence-electron chi connectivity index (χ2n) is 9.30. The predicted octanol–water partition coefficient (Wildman–Crippen LogP) is 4.94. The monoisotopic (exact) mass is 446 g/mol. The number of benzene rings is 2. The molecule has 5 nitrogen and oxygen atoms in total. The number of rotatable bonds is 3. The zero-order valence-corrected chi connectivity index (χ0v) is 19.5. The van der Waals surface area contributed by atoms with E-state index in [-0.39, 0.29) is 11.7 Å². The summed E-state index contributed by atoms with van der Waals surface area (Å²) in [6, 6.07) is 11.2. The Morgan fingerprint density at radius 1 is 0.879 bits per heavy atom. The molecule has 172 valence electrons. The van der Waals surface area contributed by atoms with E-state index < -0.39 is 0 Å². The summed E-state index contributed by atoms with van der Waals surface area (Å²) in [4.78, 5) is 24.6. The molecular formula is C27H31FN4O. The second-order valence-corrected chi connectivity index (χ2v) is 9.30. The van der Waals surface area contributed by atoms with Crippen LogP contribution in [0.5, 0.6) is 0 Å². The third kappa shape index (κ3) is 4.26. The summed E-state index contributed by atoms with van der Waals surface area (Å²) in [6.07, 6.45) is 4.93. The first-order valence-corrected chi connectivity index (χ1v) is 12.0. The van der Waals surface area contributed by atoms with E-state index in [9.17, 15) is 9.18 Å². The summed E-state index contributed by atoms with van der Waals surface area (Å²) in [6.45, 7) is 9.05. The Labute approximate surface area is 194 Å². The van der Waals surface area contributed by atoms with Gasteiger partial charge in [-0.25, -0.2) is 4.39 Å². The van der Waals surface area contributed by atoms with Gasteiger partial charge in [-0.1, -0.05) is 12.1 Å². The molecule has 0 aliphatic carbocycles. The topological polar surface area (TPSA) is 39.7 Å². The Morgan fingerprint density at radius 2 is 1.61 bits per heavy atom. The van der Waals surface area contributed by atoms with E-state index in [4.69, 9.17) is 0 Å². The van der Waals surface area contributed by atoms with Crippen LogP contribution in [-0.4, -0.2) is 55.1 Å². The molecule has 0 bridgehead atoms. The number of halogens is 1. The van der Waals surface area contributed by atoms with Gasteiger partial charge in [0, 0.05) is 56.5 Å². The molecule has 3 heterocycles. The Morgan fingerprint density at radius 3 is 2.36 bits per heavy atom. The molecule has 0 atom stereocenters. The number of piperidine rings is 1. The van der Waals surface area contributed by atoms with E-state index in [1.807, 2.05) is 4.90 Å². The number of hydrogen-bond donors (Lipinski definition) is 0. The number of likely N-dealkylation sites (tertiary alicyclic amines) is 1. The minimum Gasteiger partial charge on any atom is -0.368 e. The van der Waals surface area contributed by atoms with Crippen molar-refractivity contribution in [2.75, 3.05) is 49.1 Å². The lowest BCUT2D eigenvalue weighted by molar-refractivity contribution is 0.0724. The third-order valence-electron chi connectivity index (χ3n) is 6.98. The highest BCUT2D eigenvalue weighted by molar-refractivity contribution is 6.07. The molecule has 6 heteroatoms. The molecule has 2 aromatic carbocycles. The van der Waals surface area contributed by atoms with Crippen LogP contribution in [0.2, 0.25) is 0 Å². The molecule has 3 aromatic rings. The first-order chi connectivity index (χ1) is 16.0. The zero-order valence-electron chi connectivity index (χ0n) is 19.5. The summed E-state index contributed by atoms with van der Waals surface area (Å²) in [5.74, 6) is -0.289. The van der Waals surface area contributed by atoms with Gasteiger partial charge in [0.05, 0.1) is 16.8 Å². The van der Waals surface area contributed by atoms with Crippen LogP contribution < -0.4 is 9.80 Å². The number of nitrogens with zero attached hydrogens (tertiary/aromatic N) is 4. The average molecular weight is 447 g/mol. The van der Waals surface area contributed by atoms with Gasteiger partial charge in [0.2, 0.25) is 0 Å². The molecule has 0 saturated carbocycles. The normalized spacial score (nSPS) is 17.0. The van der Waals surface area contributed by atoms with Gasteiger partial charge in [-0.3, -0.25) is 9.78 Å². The molecule has 1 aromatic heterocycles. The largest absolute Gasteiger partial charge is 0.368 e. The maximum atomic E-state index is 14.3. The summed E-state index contributed by atoms with van der Waals surface area (Å²) >= 11 is 0. The maximum absolute atomic E-state index is 14.3. The number of piperazine rings is 1. The molecule has 0 N–H and O–H groups in total. The third-order valence-corrected chi connectivity index (χ3v) is 6.98. The van der Waals surface area contributed by atoms with Crippen molar-refractivity contribution in [3.05, 3.63) is 65.1 Å². The number of carbonyl (C=O) groups excluding carboxylic acids is 1. The van der Waals surface area contributed by atoms with Crippen LogP contribution in [-0.2, 0) is 0 Å². The van der Waals surface area contributed by atoms with Crippen LogP contribution in [0.15, 0.2) is 42.6 Å². The molecule has 2 saturated heterocycles. The van der Waals surface area contributed by atoms with Crippen LogP contribution in [0.3, 0.4) is 0 Å². The summed E-state index contributed by atoms with van der Waals surface area (Å²) < 4.78 is 14.3. The van der Waals surface area contributed by atoms with E-state index in [0.717, 1.165) is 75.1 Å². The van der Waals surface area contributed by atoms with Crippen molar-refractivity contribution in [3.8, 4) is 0 Å². The molecule has 0 spiro atoms. The zero-order chi connectivity index (χ0) is 22.9. The minimum atomic E-state index is -0.304. The lowest BCUT2D eigenvalue weighted by Crippen LogP contribution is -2.47. The molecule has 2 aliphatic heterocycles. The number of aryl methyl sites for hydroxylation is 2. The molecule has 2 fully saturated rings. The minimum absolute atomic E-state index is 0.0142. The second kappa shape index (κ2) is 9.00. The fourth-order valence-electron chi connectivity index (χ4n) is 5.15. The predicted molar refractivity (Wildman–Crippen MR) is 132 cm³/mol. The molecule has 2 aliphatic rings. The van der Waals surface area contributed by atoms with Gasteiger partial charge in [-0.2, -0.15) is 0 Å². The summed E-state index contributed by atoms with van der Waals surface area (Å²) in [5, 5.41) is 0.720. The van der Waals surface area contributed by atoms with E-state index in [1.54, 1.807) is 12.3 Å². The highest BCUT2D eigenvalue weighted by Gasteiger charge is 2.28. The summed E-state index contributed by atoms with van der Waals surface area (Å²) in [7, 11) is 0. The van der Waals surface area contributed by atoms with Crippen LogP contribution in [0.25, 0.3) is 10.9 Å². The number of carbonyl (C=O) groups is 1. The maximum Gasteiger partial charge on any atom is 0.257 e. The van der Waals surface area contributed by atoms with Crippen molar-refractivity contribution in [1.82, 2.24) is 9.88 Å². The Kier molecular flexibility index (Phi) is 5.92. The highest BCUT2D eigenvalue weighted by atomic mass is 19.1. The van der Waals surface area contributed by atoms with Crippen molar-refractivity contribution in [2.45, 2.75) is 33.1 Å². The van der Waals surface area contributed by atoms with Gasteiger partial charge in [0.15, 0.2) is 0 Å². The molecule has 33 heavy (non-hydrogen) atoms. The Bertz CT molecular complexity index is 1180. The number of pyridine rings is 1. The number of hydrogen-bond acceptors (Lipinski definition) is 4. The van der Waals surface area contributed by atoms with Crippen molar-refractivity contribution < 1.29 is 9.18 Å². The first kappa shape index (κ1) is 21.7. The lowest BCUT2D eigenvalue weighted by Gasteiger charge is -2.39. The molecule has 5 rings (SSSR count). The molecule has 0 unspecified atom stereocenters. The Hall–Kier alpha value is -3.15. The van der Waals surface area contributed by atoms with Gasteiger partial charge in [0.1, 0.15) is 5.82 Å². The van der Waals surface area contributed by atoms with E-state index in [1.165, 1.54) is 28.9 Å². The van der Waals surface area contributed by atoms with Gasteiger partial charge < -0.3 is 14.7 Å². The number of anilines is 2. The van der Waals surface area contributed by atoms with E-state index in [2.05, 4.69) is 46.8 Å². The van der Waals surface area contributed by atoms with E-state index in [0.29, 0.717) is 5.56 Å². The van der Waals surface area contributed by atoms with Crippen LogP contribution >= 0.6 is 0 Å². The number of amides is 1. The average Bonchev–Trinajstić information content (AvgIpc) is 2.85. The van der Waals surface area contributed by atoms with Crippen LogP contribution in [0, 0.1) is 19.7 Å². The SMILES string of the molecule is Cc1ccc(C)c(N2CCN(c3c(C(=O)N4CCCCC4)cnc4ccc(F)cc34)CC2)c1. The molecular weight excluding hydrogens is 415 g/mol. The smallest absolute Gasteiger partial charge is 0.257 e. The van der Waals surface area contributed by atoms with Gasteiger partial charge in [-0.15, -0.1) is 0 Å². The van der Waals surface area contributed by atoms with Crippen LogP contribution in [0.4, 0.5) is 15.8 Å². The molecule has 1 amide bonds. The van der Waals surface area contributed by atoms with E-state index >= 15 is 0 Å². The van der Waals surface area contributed by atoms with Crippen molar-refractivity contribution in [2.24, 2.45) is 0 Å². The Balaban J connectivity index is 1.49. The fourth-order valence-corrected chi connectivity index (χ4v) is 5.15. The van der Waals surface area contributed by atoms with Crippen molar-refractivity contribution in [3.63, 3.8) is 0 Å². The number of fused-ring (bicyclic) bond motifs is 1. The number of aromatic nitrogens is 1. The standard InChI is InChI=1S/C27H31FN4O/c1-19-6-7-20(2)25(16-19)30-12-14-31(15-13-30)26-22-17-21(28)8-9-24(22)29-18-23(26)27(33)32-10-4-3-5-11-32/h6-9,16-18H,3-5,10-15H2,1-2H3. The van der Waals surface area contributed by atoms with Gasteiger partial charge in [0.25, 0.3) is 5.91 Å². The quantitative estimate of drug-likeness (QED) is 0.571. The van der Waals surface area contributed by atoms with Crippen molar-refractivity contribution in [1.29, 1.82) is 0 Å². The highest BCUT2D eigenvalue weighted by Crippen LogP contribution is 2.33. The van der Waals surface area contributed by atoms with Crippen molar-refractivity contribution >= 4 is 28.2 Å². The van der Waals surface area contributed by atoms with Gasteiger partial charge in [-0.05, 0) is 68.5 Å². The summed E-state index contributed by atoms with van der Waals surface area (Å²) in [5.41, 5.74) is 5.93. The van der Waals surface area contributed by atoms with Crippen LogP contribution in [0.1, 0.15) is 40.7 Å². The fraction of sp³-hybridized carbons (Fsp3) is 0.407. The first-order valence-electron chi connectivity index (χ1n) is 12.0.